The molecule has 1 fully saturated rings. The van der Waals surface area contributed by atoms with Crippen LogP contribution in [0.1, 0.15) is 22.0 Å². The summed E-state index contributed by atoms with van der Waals surface area (Å²) in [5.41, 5.74) is 5.49. The van der Waals surface area contributed by atoms with E-state index in [2.05, 4.69) is 10.6 Å². The number of urea groups is 1. The number of fused-ring (bicyclic) bond motifs is 1. The highest BCUT2D eigenvalue weighted by Crippen LogP contribution is 2.40. The van der Waals surface area contributed by atoms with Crippen molar-refractivity contribution in [3.05, 3.63) is 83.1 Å². The molecule has 13 nitrogen and oxygen atoms in total. The van der Waals surface area contributed by atoms with E-state index < -0.39 is 59.9 Å². The topological polar surface area (TPSA) is 188 Å². The lowest BCUT2D eigenvalue weighted by molar-refractivity contribution is -0.151. The van der Waals surface area contributed by atoms with E-state index >= 15 is 0 Å². The van der Waals surface area contributed by atoms with Crippen molar-refractivity contribution in [1.29, 1.82) is 0 Å². The molecule has 2 unspecified atom stereocenters. The van der Waals surface area contributed by atoms with Gasteiger partial charge in [0.05, 0.1) is 0 Å². The lowest BCUT2D eigenvalue weighted by Crippen LogP contribution is -2.71. The number of rotatable bonds is 8. The molecule has 6 amide bonds. The Balaban J connectivity index is 1.50. The SMILES string of the molecule is CN(C(=O)NC(C(=O)NC1C(=O)N2C(C(=O)O)=C(COC(N)=O)CS[C@@H]12)c1ccccc1)C(=O)c1ccccc1. The van der Waals surface area contributed by atoms with Crippen molar-refractivity contribution in [2.75, 3.05) is 19.4 Å². The van der Waals surface area contributed by atoms with Gasteiger partial charge in [-0.05, 0) is 17.7 Å². The van der Waals surface area contributed by atoms with Gasteiger partial charge in [-0.2, -0.15) is 0 Å². The molecular formula is C26H25N5O8S. The number of nitrogens with two attached hydrogens (primary N) is 1. The van der Waals surface area contributed by atoms with Crippen LogP contribution in [0.2, 0.25) is 0 Å². The van der Waals surface area contributed by atoms with Crippen molar-refractivity contribution in [1.82, 2.24) is 20.4 Å². The van der Waals surface area contributed by atoms with Gasteiger partial charge < -0.3 is 26.2 Å². The molecular weight excluding hydrogens is 542 g/mol. The third kappa shape index (κ3) is 5.76. The number of benzene rings is 2. The van der Waals surface area contributed by atoms with Gasteiger partial charge in [-0.25, -0.2) is 14.4 Å². The zero-order valence-electron chi connectivity index (χ0n) is 21.1. The smallest absolute Gasteiger partial charge is 0.404 e. The Hall–Kier alpha value is -4.85. The quantitative estimate of drug-likeness (QED) is 0.338. The van der Waals surface area contributed by atoms with Crippen molar-refractivity contribution >= 4 is 47.6 Å². The number of hydrogen-bond acceptors (Lipinski definition) is 8. The molecule has 3 atom stereocenters. The fourth-order valence-corrected chi connectivity index (χ4v) is 5.55. The molecule has 0 radical (unpaired) electrons. The maximum Gasteiger partial charge on any atom is 0.404 e. The maximum atomic E-state index is 13.4. The number of amides is 6. The Labute approximate surface area is 232 Å². The van der Waals surface area contributed by atoms with Gasteiger partial charge in [-0.1, -0.05) is 48.5 Å². The lowest BCUT2D eigenvalue weighted by atomic mass is 10.0. The van der Waals surface area contributed by atoms with Gasteiger partial charge in [-0.15, -0.1) is 11.8 Å². The number of nitrogens with one attached hydrogen (secondary N) is 2. The molecule has 0 spiro atoms. The van der Waals surface area contributed by atoms with Crippen LogP contribution in [0.25, 0.3) is 0 Å². The minimum absolute atomic E-state index is 0.112. The van der Waals surface area contributed by atoms with E-state index in [1.165, 1.54) is 18.8 Å². The van der Waals surface area contributed by atoms with Crippen molar-refractivity contribution in [3.8, 4) is 0 Å². The molecule has 2 aromatic rings. The van der Waals surface area contributed by atoms with E-state index in [1.54, 1.807) is 60.7 Å². The Kier molecular flexibility index (Phi) is 8.38. The normalized spacial score (nSPS) is 18.5. The number of carboxylic acid groups (broad SMARTS) is 1. The molecule has 0 saturated carbocycles. The first kappa shape index (κ1) is 28.2. The molecule has 2 aromatic carbocycles. The van der Waals surface area contributed by atoms with Crippen LogP contribution >= 0.6 is 11.8 Å². The average molecular weight is 568 g/mol. The Morgan fingerprint density at radius 1 is 1.10 bits per heavy atom. The first-order valence-corrected chi connectivity index (χ1v) is 13.0. The van der Waals surface area contributed by atoms with Crippen molar-refractivity contribution in [3.63, 3.8) is 0 Å². The van der Waals surface area contributed by atoms with Crippen molar-refractivity contribution < 1.29 is 38.6 Å². The highest BCUT2D eigenvalue weighted by Gasteiger charge is 2.54. The maximum absolute atomic E-state index is 13.4. The minimum atomic E-state index is -1.40. The van der Waals surface area contributed by atoms with E-state index in [1.807, 2.05) is 0 Å². The summed E-state index contributed by atoms with van der Waals surface area (Å²) in [5.74, 6) is -3.29. The highest BCUT2D eigenvalue weighted by molar-refractivity contribution is 8.00. The average Bonchev–Trinajstić information content (AvgIpc) is 2.96. The van der Waals surface area contributed by atoms with E-state index in [0.717, 1.165) is 9.80 Å². The Bertz CT molecular complexity index is 1380. The summed E-state index contributed by atoms with van der Waals surface area (Å²) in [5, 5.41) is 14.1. The van der Waals surface area contributed by atoms with Crippen molar-refractivity contribution in [2.24, 2.45) is 5.73 Å². The van der Waals surface area contributed by atoms with Crippen LogP contribution in [0, 0.1) is 0 Å². The predicted molar refractivity (Wildman–Crippen MR) is 141 cm³/mol. The number of carbonyl (C=O) groups excluding carboxylic acids is 5. The summed E-state index contributed by atoms with van der Waals surface area (Å²) >= 11 is 1.17. The second kappa shape index (κ2) is 11.9. The van der Waals surface area contributed by atoms with Crippen LogP contribution in [-0.2, 0) is 19.1 Å². The summed E-state index contributed by atoms with van der Waals surface area (Å²) < 4.78 is 4.71. The number of primary amides is 1. The number of hydrogen-bond donors (Lipinski definition) is 4. The second-order valence-corrected chi connectivity index (χ2v) is 9.89. The van der Waals surface area contributed by atoms with Crippen LogP contribution in [0.15, 0.2) is 71.9 Å². The number of carbonyl (C=O) groups is 6. The number of nitrogens with zero attached hydrogens (tertiary/aromatic N) is 2. The monoisotopic (exact) mass is 567 g/mol. The van der Waals surface area contributed by atoms with Crippen LogP contribution < -0.4 is 16.4 Å². The number of aliphatic carboxylic acids is 1. The minimum Gasteiger partial charge on any atom is -0.477 e. The molecule has 2 aliphatic rings. The summed E-state index contributed by atoms with van der Waals surface area (Å²) in [6.45, 7) is -0.394. The van der Waals surface area contributed by atoms with Crippen LogP contribution in [0.4, 0.5) is 9.59 Å². The molecule has 14 heteroatoms. The third-order valence-corrected chi connectivity index (χ3v) is 7.57. The van der Waals surface area contributed by atoms with E-state index in [-0.39, 0.29) is 22.6 Å². The number of ether oxygens (including phenoxy) is 1. The lowest BCUT2D eigenvalue weighted by Gasteiger charge is -2.49. The zero-order valence-corrected chi connectivity index (χ0v) is 21.9. The number of carboxylic acids is 1. The Morgan fingerprint density at radius 3 is 2.33 bits per heavy atom. The van der Waals surface area contributed by atoms with Crippen LogP contribution in [0.3, 0.4) is 0 Å². The zero-order chi connectivity index (χ0) is 29.0. The molecule has 2 aliphatic heterocycles. The van der Waals surface area contributed by atoms with E-state index in [0.29, 0.717) is 5.56 Å². The molecule has 0 aromatic heterocycles. The molecule has 1 saturated heterocycles. The molecule has 208 valence electrons. The van der Waals surface area contributed by atoms with Crippen molar-refractivity contribution in [2.45, 2.75) is 17.5 Å². The van der Waals surface area contributed by atoms with Crippen LogP contribution in [-0.4, -0.2) is 81.5 Å². The Morgan fingerprint density at radius 2 is 1.73 bits per heavy atom. The number of imide groups is 1. The third-order valence-electron chi connectivity index (χ3n) is 6.23. The van der Waals surface area contributed by atoms with E-state index in [9.17, 15) is 33.9 Å². The summed E-state index contributed by atoms with van der Waals surface area (Å²) in [7, 11) is 1.27. The van der Waals surface area contributed by atoms with Crippen LogP contribution in [0.5, 0.6) is 0 Å². The molecule has 0 aliphatic carbocycles. The standard InChI is InChI=1S/C26H25N5O8S/c1-30(21(33)15-10-6-3-7-11-15)26(38)29-17(14-8-4-2-5-9-14)20(32)28-18-22(34)31-19(24(35)36)16(12-39-25(27)37)13-40-23(18)31/h2-11,17-18,23H,12-13H2,1H3,(H2,27,37)(H,28,32)(H,29,38)(H,35,36)/t17?,18?,23-/m0/s1. The first-order valence-electron chi connectivity index (χ1n) is 11.9. The summed E-state index contributed by atoms with van der Waals surface area (Å²) in [4.78, 5) is 76.9. The highest BCUT2D eigenvalue weighted by atomic mass is 32.2. The predicted octanol–water partition coefficient (Wildman–Crippen LogP) is 1.04. The molecule has 5 N–H and O–H groups in total. The van der Waals surface area contributed by atoms with Gasteiger partial charge in [0.25, 0.3) is 11.8 Å². The van der Waals surface area contributed by atoms with Gasteiger partial charge in [-0.3, -0.25) is 24.2 Å². The molecule has 2 heterocycles. The van der Waals surface area contributed by atoms with Gasteiger partial charge in [0.15, 0.2) is 0 Å². The second-order valence-electron chi connectivity index (χ2n) is 8.78. The largest absolute Gasteiger partial charge is 0.477 e. The number of thioether (sulfide) groups is 1. The van der Waals surface area contributed by atoms with Gasteiger partial charge in [0, 0.05) is 23.9 Å². The number of β-lactam (4-membered cyclic amide) rings is 1. The fraction of sp³-hybridized carbons (Fsp3) is 0.231. The first-order chi connectivity index (χ1) is 19.1. The van der Waals surface area contributed by atoms with Gasteiger partial charge >= 0.3 is 18.1 Å². The summed E-state index contributed by atoms with van der Waals surface area (Å²) in [6.07, 6.45) is -1.09. The molecule has 4 rings (SSSR count). The fourth-order valence-electron chi connectivity index (χ4n) is 4.22. The van der Waals surface area contributed by atoms with E-state index in [4.69, 9.17) is 10.5 Å². The summed E-state index contributed by atoms with van der Waals surface area (Å²) in [6, 6.07) is 13.2. The molecule has 0 bridgehead atoms. The van der Waals surface area contributed by atoms with Gasteiger partial charge in [0.2, 0.25) is 5.91 Å². The van der Waals surface area contributed by atoms with Gasteiger partial charge in [0.1, 0.15) is 29.8 Å². The molecule has 40 heavy (non-hydrogen) atoms.